The van der Waals surface area contributed by atoms with E-state index in [9.17, 15) is 0 Å². The minimum atomic E-state index is -1.77. The monoisotopic (exact) mass is 458 g/mol. The van der Waals surface area contributed by atoms with E-state index < -0.39 is 25.7 Å². The first-order valence-corrected chi connectivity index (χ1v) is 13.1. The van der Waals surface area contributed by atoms with Crippen molar-refractivity contribution in [3.8, 4) is 0 Å². The van der Waals surface area contributed by atoms with E-state index in [1.54, 1.807) is 0 Å². The molecule has 0 heterocycles. The number of hydrogen-bond acceptors (Lipinski definition) is 2. The van der Waals surface area contributed by atoms with E-state index in [0.717, 1.165) is 17.0 Å². The Morgan fingerprint density at radius 3 is 1.61 bits per heavy atom. The van der Waals surface area contributed by atoms with Crippen LogP contribution in [-0.4, -0.2) is 25.7 Å². The van der Waals surface area contributed by atoms with Crippen LogP contribution in [0.15, 0.2) is 48.5 Å². The minimum absolute atomic E-state index is 0.818. The third kappa shape index (κ3) is 8.09. The van der Waals surface area contributed by atoms with Gasteiger partial charge in [0.05, 0.1) is 0 Å². The van der Waals surface area contributed by atoms with Gasteiger partial charge in [0.2, 0.25) is 0 Å². The van der Waals surface area contributed by atoms with Gasteiger partial charge in [-0.3, -0.25) is 0 Å². The van der Waals surface area contributed by atoms with Gasteiger partial charge >= 0.3 is 133 Å². The summed E-state index contributed by atoms with van der Waals surface area (Å²) in [5.41, 5.74) is 0. The Morgan fingerprint density at radius 2 is 1.30 bits per heavy atom. The predicted octanol–water partition coefficient (Wildman–Crippen LogP) is 3.16. The molecule has 0 atom stereocenters. The number of carbonyl (C=O) groups excluding carboxylic acids is 1. The molecule has 0 aliphatic heterocycles. The number of rotatable bonds is 5. The molecule has 0 saturated carbocycles. The topological polar surface area (TPSA) is 40.1 Å². The van der Waals surface area contributed by atoms with Gasteiger partial charge in [0.15, 0.2) is 0 Å². The van der Waals surface area contributed by atoms with E-state index in [1.807, 2.05) is 24.3 Å². The normalized spacial score (nSPS) is 9.74. The summed E-state index contributed by atoms with van der Waals surface area (Å²) in [5.74, 6) is -1.08. The fraction of sp³-hybridized carbons (Fsp3) is 0.278. The molecule has 0 aromatic heterocycles. The summed E-state index contributed by atoms with van der Waals surface area (Å²) in [7, 11) is 0. The number of carbonyl (C=O) groups is 1. The summed E-state index contributed by atoms with van der Waals surface area (Å²) >= 11 is 10.2. The maximum atomic E-state index is 8.89. The van der Waals surface area contributed by atoms with Crippen LogP contribution in [0.3, 0.4) is 0 Å². The molecule has 23 heavy (non-hydrogen) atoms. The van der Waals surface area contributed by atoms with Crippen molar-refractivity contribution < 1.29 is 9.90 Å². The van der Waals surface area contributed by atoms with Crippen LogP contribution >= 0.6 is 23.2 Å². The molecular formula is C18H20Cl2O2Sn. The van der Waals surface area contributed by atoms with Crippen LogP contribution in [-0.2, 0) is 4.79 Å². The first-order chi connectivity index (χ1) is 10.9. The van der Waals surface area contributed by atoms with Crippen molar-refractivity contribution in [3.05, 3.63) is 58.6 Å². The number of carboxylic acids is 1. The van der Waals surface area contributed by atoms with Crippen LogP contribution in [0.5, 0.6) is 0 Å². The molecule has 122 valence electrons. The van der Waals surface area contributed by atoms with Crippen molar-refractivity contribution in [2.45, 2.75) is 31.1 Å². The third-order valence-electron chi connectivity index (χ3n) is 3.17. The second-order valence-electron chi connectivity index (χ2n) is 5.09. The van der Waals surface area contributed by atoms with Gasteiger partial charge < -0.3 is 9.90 Å². The standard InChI is InChI=1S/2C6H4Cl.C4H9.C2H4O2.Sn/c2*7-6-4-2-1-3-5-6;1-3-4-2;1-2(3)4;/h2*2-5H;1,3-4H2,2H3;1H3,(H,3,4);/q;;;;+1/p-1. The molecule has 2 rings (SSSR count). The SMILES string of the molecule is CC(=O)[O-].CCC[CH2][Sn+]([c]1ccc(Cl)cc1)[c]1ccc(Cl)cc1. The zero-order chi connectivity index (χ0) is 17.2. The fourth-order valence-electron chi connectivity index (χ4n) is 2.11. The van der Waals surface area contributed by atoms with Gasteiger partial charge in [0, 0.05) is 5.97 Å². The summed E-state index contributed by atoms with van der Waals surface area (Å²) < 4.78 is 4.38. The Hall–Kier alpha value is -0.711. The summed E-state index contributed by atoms with van der Waals surface area (Å²) in [4.78, 5) is 8.89. The van der Waals surface area contributed by atoms with Crippen LogP contribution in [0.2, 0.25) is 14.5 Å². The van der Waals surface area contributed by atoms with E-state index in [1.165, 1.54) is 24.4 Å². The molecule has 0 amide bonds. The van der Waals surface area contributed by atoms with E-state index >= 15 is 0 Å². The van der Waals surface area contributed by atoms with Gasteiger partial charge in [-0.25, -0.2) is 0 Å². The third-order valence-corrected chi connectivity index (χ3v) is 12.0. The molecule has 2 aromatic rings. The molecule has 2 nitrogen and oxygen atoms in total. The first-order valence-electron chi connectivity index (χ1n) is 7.49. The second kappa shape index (κ2) is 11.0. The Labute approximate surface area is 155 Å². The zero-order valence-electron chi connectivity index (χ0n) is 13.3. The number of carboxylic acid groups (broad SMARTS) is 1. The van der Waals surface area contributed by atoms with Crippen molar-refractivity contribution in [2.75, 3.05) is 0 Å². The van der Waals surface area contributed by atoms with E-state index in [0.29, 0.717) is 0 Å². The number of halogens is 2. The molecule has 0 bridgehead atoms. The molecule has 2 aromatic carbocycles. The number of hydrogen-bond donors (Lipinski definition) is 0. The van der Waals surface area contributed by atoms with Gasteiger partial charge in [-0.2, -0.15) is 0 Å². The quantitative estimate of drug-likeness (QED) is 0.647. The van der Waals surface area contributed by atoms with Crippen LogP contribution in [0.4, 0.5) is 0 Å². The molecule has 0 spiro atoms. The van der Waals surface area contributed by atoms with E-state index in [4.69, 9.17) is 33.1 Å². The zero-order valence-corrected chi connectivity index (χ0v) is 17.7. The molecule has 0 N–H and O–H groups in total. The molecule has 0 saturated heterocycles. The van der Waals surface area contributed by atoms with Gasteiger partial charge in [-0.05, 0) is 6.92 Å². The average Bonchev–Trinajstić information content (AvgIpc) is 2.50. The second-order valence-corrected chi connectivity index (χ2v) is 13.4. The Bertz CT molecular complexity index is 548. The predicted molar refractivity (Wildman–Crippen MR) is 98.3 cm³/mol. The van der Waals surface area contributed by atoms with Gasteiger partial charge in [0.25, 0.3) is 0 Å². The number of unbranched alkanes of at least 4 members (excludes halogenated alkanes) is 1. The summed E-state index contributed by atoms with van der Waals surface area (Å²) in [6, 6.07) is 16.9. The molecule has 0 aliphatic rings. The number of aliphatic carboxylic acids is 1. The van der Waals surface area contributed by atoms with Crippen molar-refractivity contribution in [1.82, 2.24) is 0 Å². The average molecular weight is 458 g/mol. The van der Waals surface area contributed by atoms with Crippen LogP contribution in [0.25, 0.3) is 0 Å². The molecule has 5 heteroatoms. The van der Waals surface area contributed by atoms with Crippen molar-refractivity contribution in [1.29, 1.82) is 0 Å². The molecule has 0 fully saturated rings. The van der Waals surface area contributed by atoms with Crippen molar-refractivity contribution in [3.63, 3.8) is 0 Å². The van der Waals surface area contributed by atoms with E-state index in [2.05, 4.69) is 31.2 Å². The molecule has 0 aliphatic carbocycles. The maximum absolute atomic E-state index is 8.89. The fourth-order valence-corrected chi connectivity index (χ4v) is 10.2. The van der Waals surface area contributed by atoms with E-state index in [-0.39, 0.29) is 0 Å². The first kappa shape index (κ1) is 20.3. The Balaban J connectivity index is 0.000000593. The van der Waals surface area contributed by atoms with Crippen LogP contribution in [0.1, 0.15) is 26.7 Å². The van der Waals surface area contributed by atoms with Crippen LogP contribution < -0.4 is 12.3 Å². The van der Waals surface area contributed by atoms with Gasteiger partial charge in [-0.1, -0.05) is 0 Å². The molecule has 0 radical (unpaired) electrons. The number of benzene rings is 2. The van der Waals surface area contributed by atoms with Gasteiger partial charge in [-0.15, -0.1) is 0 Å². The molecular weight excluding hydrogens is 438 g/mol. The summed E-state index contributed by atoms with van der Waals surface area (Å²) in [6.45, 7) is 3.23. The Morgan fingerprint density at radius 1 is 0.957 bits per heavy atom. The van der Waals surface area contributed by atoms with Crippen molar-refractivity contribution in [2.24, 2.45) is 0 Å². The summed E-state index contributed by atoms with van der Waals surface area (Å²) in [6.07, 6.45) is 2.56. The van der Waals surface area contributed by atoms with Gasteiger partial charge in [0.1, 0.15) is 0 Å². The van der Waals surface area contributed by atoms with Crippen LogP contribution in [0, 0.1) is 0 Å². The Kier molecular flexibility index (Phi) is 9.68. The molecule has 0 unspecified atom stereocenters. The van der Waals surface area contributed by atoms with Crippen molar-refractivity contribution >= 4 is 56.1 Å². The summed E-state index contributed by atoms with van der Waals surface area (Å²) in [5, 5.41) is 10.5.